The van der Waals surface area contributed by atoms with Gasteiger partial charge < -0.3 is 16.3 Å². The summed E-state index contributed by atoms with van der Waals surface area (Å²) in [4.78, 5) is 15.8. The molecule has 1 amide bonds. The number of amidine groups is 1. The van der Waals surface area contributed by atoms with Gasteiger partial charge in [-0.05, 0) is 24.8 Å². The molecule has 21 heavy (non-hydrogen) atoms. The van der Waals surface area contributed by atoms with Crippen LogP contribution in [0.3, 0.4) is 0 Å². The zero-order chi connectivity index (χ0) is 15.2. The third kappa shape index (κ3) is 3.68. The molecule has 1 unspecified atom stereocenters. The number of carbonyl (C=O) groups excluding carboxylic acids is 1. The zero-order valence-electron chi connectivity index (χ0n) is 11.6. The van der Waals surface area contributed by atoms with Crippen molar-refractivity contribution in [3.05, 3.63) is 29.8 Å². The van der Waals surface area contributed by atoms with Gasteiger partial charge in [0.25, 0.3) is 5.91 Å². The highest BCUT2D eigenvalue weighted by Gasteiger charge is 2.29. The summed E-state index contributed by atoms with van der Waals surface area (Å²) in [5, 5.41) is 14.6. The van der Waals surface area contributed by atoms with Crippen LogP contribution in [0.1, 0.15) is 42.5 Å². The monoisotopic (exact) mass is 294 g/mol. The van der Waals surface area contributed by atoms with Crippen molar-refractivity contribution in [2.45, 2.75) is 38.1 Å². The van der Waals surface area contributed by atoms with E-state index < -0.39 is 17.8 Å². The van der Waals surface area contributed by atoms with Crippen LogP contribution in [0.5, 0.6) is 0 Å². The predicted molar refractivity (Wildman–Crippen MR) is 75.4 cm³/mol. The number of aromatic nitrogens is 1. The van der Waals surface area contributed by atoms with Crippen LogP contribution < -0.4 is 11.1 Å². The Hall–Kier alpha value is -2.18. The molecule has 0 aromatic carbocycles. The molecule has 1 aromatic heterocycles. The van der Waals surface area contributed by atoms with Crippen LogP contribution in [0.2, 0.25) is 0 Å². The number of nitrogens with two attached hydrogens (primary N) is 1. The molecule has 0 bridgehead atoms. The molecule has 1 saturated carbocycles. The van der Waals surface area contributed by atoms with Gasteiger partial charge in [-0.3, -0.25) is 9.78 Å². The largest absolute Gasteiger partial charge is 0.409 e. The lowest BCUT2D eigenvalue weighted by Gasteiger charge is -2.30. The van der Waals surface area contributed by atoms with Gasteiger partial charge >= 0.3 is 0 Å². The van der Waals surface area contributed by atoms with Crippen molar-refractivity contribution in [2.24, 2.45) is 16.8 Å². The molecule has 1 aromatic rings. The lowest BCUT2D eigenvalue weighted by molar-refractivity contribution is 0.0926. The fourth-order valence-corrected chi connectivity index (χ4v) is 2.74. The Morgan fingerprint density at radius 3 is 2.81 bits per heavy atom. The van der Waals surface area contributed by atoms with Gasteiger partial charge in [0.05, 0.1) is 17.8 Å². The molecule has 1 aliphatic rings. The summed E-state index contributed by atoms with van der Waals surface area (Å²) in [7, 11) is 0. The second-order valence-corrected chi connectivity index (χ2v) is 5.23. The van der Waals surface area contributed by atoms with E-state index in [9.17, 15) is 9.18 Å². The molecule has 6 nitrogen and oxygen atoms in total. The average Bonchev–Trinajstić information content (AvgIpc) is 2.53. The first-order chi connectivity index (χ1) is 10.1. The first-order valence-electron chi connectivity index (χ1n) is 7.01. The Bertz CT molecular complexity index is 529. The summed E-state index contributed by atoms with van der Waals surface area (Å²) < 4.78 is 13.6. The van der Waals surface area contributed by atoms with Gasteiger partial charge in [-0.25, -0.2) is 4.39 Å². The summed E-state index contributed by atoms with van der Waals surface area (Å²) in [5.74, 6) is -1.23. The number of hydrogen-bond donors (Lipinski definition) is 3. The van der Waals surface area contributed by atoms with Crippen LogP contribution in [0.25, 0.3) is 0 Å². The maximum atomic E-state index is 13.6. The van der Waals surface area contributed by atoms with E-state index in [0.717, 1.165) is 38.3 Å². The Labute approximate surface area is 122 Å². The lowest BCUT2D eigenvalue weighted by Crippen LogP contribution is -2.49. The van der Waals surface area contributed by atoms with Gasteiger partial charge in [0.1, 0.15) is 0 Å². The molecule has 1 heterocycles. The van der Waals surface area contributed by atoms with Crippen molar-refractivity contribution in [1.29, 1.82) is 0 Å². The number of nitrogens with zero attached hydrogens (tertiary/aromatic N) is 2. The summed E-state index contributed by atoms with van der Waals surface area (Å²) in [6, 6.07) is 0.713. The quantitative estimate of drug-likeness (QED) is 0.340. The van der Waals surface area contributed by atoms with Gasteiger partial charge in [-0.15, -0.1) is 0 Å². The smallest absolute Gasteiger partial charge is 0.254 e. The van der Waals surface area contributed by atoms with E-state index in [0.29, 0.717) is 0 Å². The van der Waals surface area contributed by atoms with Crippen molar-refractivity contribution in [1.82, 2.24) is 10.3 Å². The molecule has 1 atom stereocenters. The Morgan fingerprint density at radius 1 is 1.48 bits per heavy atom. The van der Waals surface area contributed by atoms with Crippen LogP contribution in [0.4, 0.5) is 4.39 Å². The minimum atomic E-state index is -0.697. The standard InChI is InChI=1S/C14H19FN4O2/c15-11-8-17-7-6-10(11)14(20)18-12(13(16)19-21)9-4-2-1-3-5-9/h6-9,12,21H,1-5H2,(H2,16,19)(H,18,20). The number of hydrogen-bond acceptors (Lipinski definition) is 4. The van der Waals surface area contributed by atoms with Gasteiger partial charge in [-0.2, -0.15) is 0 Å². The maximum absolute atomic E-state index is 13.6. The normalized spacial score (nSPS) is 18.2. The third-order valence-electron chi connectivity index (χ3n) is 3.86. The van der Waals surface area contributed by atoms with Gasteiger partial charge in [0.15, 0.2) is 11.7 Å². The van der Waals surface area contributed by atoms with E-state index in [4.69, 9.17) is 10.9 Å². The van der Waals surface area contributed by atoms with E-state index in [1.807, 2.05) is 0 Å². The predicted octanol–water partition coefficient (Wildman–Crippen LogP) is 1.65. The van der Waals surface area contributed by atoms with Crippen LogP contribution in [0.15, 0.2) is 23.6 Å². The molecule has 0 spiro atoms. The first-order valence-corrected chi connectivity index (χ1v) is 7.01. The highest BCUT2D eigenvalue weighted by molar-refractivity contribution is 5.98. The van der Waals surface area contributed by atoms with Crippen molar-refractivity contribution < 1.29 is 14.4 Å². The number of carbonyl (C=O) groups is 1. The first kappa shape index (κ1) is 15.2. The van der Waals surface area contributed by atoms with Crippen molar-refractivity contribution >= 4 is 11.7 Å². The van der Waals surface area contributed by atoms with Crippen LogP contribution in [-0.2, 0) is 0 Å². The number of rotatable bonds is 4. The second-order valence-electron chi connectivity index (χ2n) is 5.23. The molecule has 0 radical (unpaired) electrons. The minimum Gasteiger partial charge on any atom is -0.409 e. The molecule has 1 fully saturated rings. The van der Waals surface area contributed by atoms with Gasteiger partial charge in [0.2, 0.25) is 0 Å². The lowest BCUT2D eigenvalue weighted by atomic mass is 9.83. The molecule has 114 valence electrons. The summed E-state index contributed by atoms with van der Waals surface area (Å²) in [5.41, 5.74) is 5.59. The third-order valence-corrected chi connectivity index (χ3v) is 3.86. The SMILES string of the molecule is NC(=NO)C(NC(=O)c1ccncc1F)C1CCCCC1. The van der Waals surface area contributed by atoms with E-state index >= 15 is 0 Å². The highest BCUT2D eigenvalue weighted by Crippen LogP contribution is 2.27. The van der Waals surface area contributed by atoms with Gasteiger partial charge in [-0.1, -0.05) is 24.4 Å². The fourth-order valence-electron chi connectivity index (χ4n) is 2.74. The van der Waals surface area contributed by atoms with Crippen LogP contribution in [-0.4, -0.2) is 28.0 Å². The highest BCUT2D eigenvalue weighted by atomic mass is 19.1. The van der Waals surface area contributed by atoms with Crippen LogP contribution >= 0.6 is 0 Å². The molecule has 7 heteroatoms. The van der Waals surface area contributed by atoms with E-state index in [2.05, 4.69) is 15.5 Å². The van der Waals surface area contributed by atoms with Crippen molar-refractivity contribution in [3.8, 4) is 0 Å². The van der Waals surface area contributed by atoms with Crippen molar-refractivity contribution in [3.63, 3.8) is 0 Å². The number of amides is 1. The summed E-state index contributed by atoms with van der Waals surface area (Å²) in [6.45, 7) is 0. The van der Waals surface area contributed by atoms with E-state index in [1.54, 1.807) is 0 Å². The Morgan fingerprint density at radius 2 is 2.19 bits per heavy atom. The minimum absolute atomic E-state index is 0.0512. The maximum Gasteiger partial charge on any atom is 0.254 e. The Kier molecular flexibility index (Phi) is 5.08. The molecular formula is C14H19FN4O2. The van der Waals surface area contributed by atoms with Gasteiger partial charge in [0, 0.05) is 6.20 Å². The van der Waals surface area contributed by atoms with E-state index in [-0.39, 0.29) is 17.3 Å². The van der Waals surface area contributed by atoms with E-state index in [1.165, 1.54) is 12.3 Å². The van der Waals surface area contributed by atoms with Crippen LogP contribution in [0, 0.1) is 11.7 Å². The topological polar surface area (TPSA) is 101 Å². The zero-order valence-corrected chi connectivity index (χ0v) is 11.6. The Balaban J connectivity index is 2.15. The number of oxime groups is 1. The second kappa shape index (κ2) is 7.01. The molecule has 0 saturated heterocycles. The molecular weight excluding hydrogens is 275 g/mol. The molecule has 0 aliphatic heterocycles. The van der Waals surface area contributed by atoms with Crippen molar-refractivity contribution in [2.75, 3.05) is 0 Å². The number of pyridine rings is 1. The number of halogens is 1. The molecule has 1 aliphatic carbocycles. The summed E-state index contributed by atoms with van der Waals surface area (Å²) >= 11 is 0. The molecule has 2 rings (SSSR count). The summed E-state index contributed by atoms with van der Waals surface area (Å²) in [6.07, 6.45) is 7.33. The fraction of sp³-hybridized carbons (Fsp3) is 0.500. The molecule has 4 N–H and O–H groups in total. The number of nitrogens with one attached hydrogen (secondary N) is 1. The average molecular weight is 294 g/mol.